The van der Waals surface area contributed by atoms with Crippen LogP contribution in [0.25, 0.3) is 0 Å². The van der Waals surface area contributed by atoms with Gasteiger partial charge in [0, 0.05) is 6.54 Å². The third kappa shape index (κ3) is 7.55. The number of aliphatic hydroxyl groups excluding tert-OH is 1. The Kier molecular flexibility index (Phi) is 6.16. The fraction of sp³-hybridized carbons (Fsp3) is 0.857. The van der Waals surface area contributed by atoms with Gasteiger partial charge in [0.2, 0.25) is 0 Å². The van der Waals surface area contributed by atoms with Crippen molar-refractivity contribution >= 4 is 17.4 Å². The normalized spacial score (nSPS) is 9.82. The molecule has 4 heteroatoms. The first-order valence-corrected chi connectivity index (χ1v) is 4.09. The lowest BCUT2D eigenvalue weighted by Crippen LogP contribution is -2.27. The van der Waals surface area contributed by atoms with Crippen LogP contribution in [0.1, 0.15) is 13.8 Å². The highest BCUT2D eigenvalue weighted by Gasteiger charge is 1.97. The lowest BCUT2D eigenvalue weighted by atomic mass is 10.2. The summed E-state index contributed by atoms with van der Waals surface area (Å²) in [5.74, 6) is 0.476. The Balaban J connectivity index is 3.23. The van der Waals surface area contributed by atoms with E-state index in [1.807, 2.05) is 0 Å². The molecular weight excluding hydrogens is 162 g/mol. The van der Waals surface area contributed by atoms with Crippen molar-refractivity contribution in [3.63, 3.8) is 0 Å². The molecule has 2 N–H and O–H groups in total. The van der Waals surface area contributed by atoms with Crippen molar-refractivity contribution in [2.45, 2.75) is 13.8 Å². The lowest BCUT2D eigenvalue weighted by Gasteiger charge is -2.09. The van der Waals surface area contributed by atoms with Gasteiger partial charge in [-0.2, -0.15) is 0 Å². The molecule has 0 fully saturated rings. The largest absolute Gasteiger partial charge is 0.471 e. The predicted octanol–water partition coefficient (Wildman–Crippen LogP) is 0.526. The van der Waals surface area contributed by atoms with Gasteiger partial charge in [-0.3, -0.25) is 0 Å². The molecule has 0 radical (unpaired) electrons. The zero-order valence-electron chi connectivity index (χ0n) is 6.96. The maximum Gasteiger partial charge on any atom is 0.256 e. The summed E-state index contributed by atoms with van der Waals surface area (Å²) in [6.45, 7) is 5.25. The van der Waals surface area contributed by atoms with Crippen LogP contribution < -0.4 is 5.32 Å². The maximum absolute atomic E-state index is 8.41. The van der Waals surface area contributed by atoms with Gasteiger partial charge in [0.05, 0.1) is 13.2 Å². The van der Waals surface area contributed by atoms with E-state index in [1.54, 1.807) is 0 Å². The molecule has 0 aliphatic rings. The Morgan fingerprint density at radius 2 is 2.27 bits per heavy atom. The molecule has 66 valence electrons. The van der Waals surface area contributed by atoms with E-state index in [0.29, 0.717) is 24.2 Å². The highest BCUT2D eigenvalue weighted by atomic mass is 32.1. The molecule has 0 saturated heterocycles. The minimum absolute atomic E-state index is 0.0746. The summed E-state index contributed by atoms with van der Waals surface area (Å²) in [5.41, 5.74) is 0. The first kappa shape index (κ1) is 10.7. The van der Waals surface area contributed by atoms with Crippen LogP contribution in [-0.2, 0) is 4.74 Å². The zero-order chi connectivity index (χ0) is 8.69. The van der Waals surface area contributed by atoms with E-state index < -0.39 is 0 Å². The quantitative estimate of drug-likeness (QED) is 0.615. The van der Waals surface area contributed by atoms with E-state index in [2.05, 4.69) is 19.2 Å². The summed E-state index contributed by atoms with van der Waals surface area (Å²) >= 11 is 4.79. The van der Waals surface area contributed by atoms with Crippen LogP contribution in [0.4, 0.5) is 0 Å². The number of hydrogen-bond acceptors (Lipinski definition) is 3. The molecule has 0 aromatic heterocycles. The van der Waals surface area contributed by atoms with Gasteiger partial charge in [-0.05, 0) is 18.1 Å². The average molecular weight is 177 g/mol. The van der Waals surface area contributed by atoms with Crippen LogP contribution in [0.2, 0.25) is 0 Å². The molecule has 0 amide bonds. The van der Waals surface area contributed by atoms with Crippen molar-refractivity contribution in [1.82, 2.24) is 5.32 Å². The monoisotopic (exact) mass is 177 g/mol. The van der Waals surface area contributed by atoms with Gasteiger partial charge in [0.25, 0.3) is 5.17 Å². The summed E-state index contributed by atoms with van der Waals surface area (Å²) in [6, 6.07) is 0. The number of thiocarbonyl (C=S) groups is 1. The van der Waals surface area contributed by atoms with Gasteiger partial charge in [0.1, 0.15) is 0 Å². The molecular formula is C7H15NO2S. The van der Waals surface area contributed by atoms with E-state index in [1.165, 1.54) is 0 Å². The Morgan fingerprint density at radius 1 is 1.64 bits per heavy atom. The van der Waals surface area contributed by atoms with Crippen molar-refractivity contribution < 1.29 is 9.84 Å². The molecule has 0 unspecified atom stereocenters. The molecule has 0 aromatic rings. The van der Waals surface area contributed by atoms with Crippen molar-refractivity contribution in [3.8, 4) is 0 Å². The fourth-order valence-electron chi connectivity index (χ4n) is 0.451. The Morgan fingerprint density at radius 3 is 2.73 bits per heavy atom. The molecule has 3 nitrogen and oxygen atoms in total. The summed E-state index contributed by atoms with van der Waals surface area (Å²) in [7, 11) is 0. The third-order valence-electron chi connectivity index (χ3n) is 0.929. The van der Waals surface area contributed by atoms with Crippen molar-refractivity contribution in [2.24, 2.45) is 5.92 Å². The minimum atomic E-state index is 0.0746. The molecule has 0 aliphatic heterocycles. The SMILES string of the molecule is CC(C)COC(=S)NCCO. The van der Waals surface area contributed by atoms with Gasteiger partial charge in [-0.25, -0.2) is 0 Å². The van der Waals surface area contributed by atoms with Gasteiger partial charge in [-0.15, -0.1) is 0 Å². The predicted molar refractivity (Wildman–Crippen MR) is 48.5 cm³/mol. The van der Waals surface area contributed by atoms with Crippen LogP contribution in [0.15, 0.2) is 0 Å². The summed E-state index contributed by atoms with van der Waals surface area (Å²) < 4.78 is 5.11. The van der Waals surface area contributed by atoms with Crippen molar-refractivity contribution in [2.75, 3.05) is 19.8 Å². The first-order valence-electron chi connectivity index (χ1n) is 3.68. The molecule has 11 heavy (non-hydrogen) atoms. The van der Waals surface area contributed by atoms with Crippen LogP contribution >= 0.6 is 12.2 Å². The molecule has 0 heterocycles. The number of hydrogen-bond donors (Lipinski definition) is 2. The van der Waals surface area contributed by atoms with Crippen LogP contribution in [0.3, 0.4) is 0 Å². The van der Waals surface area contributed by atoms with Gasteiger partial charge < -0.3 is 15.2 Å². The van der Waals surface area contributed by atoms with E-state index in [9.17, 15) is 0 Å². The average Bonchev–Trinajstić information content (AvgIpc) is 1.97. The molecule has 0 aliphatic carbocycles. The fourth-order valence-corrected chi connectivity index (χ4v) is 0.621. The van der Waals surface area contributed by atoms with E-state index in [-0.39, 0.29) is 6.61 Å². The van der Waals surface area contributed by atoms with Gasteiger partial charge in [-0.1, -0.05) is 13.8 Å². The van der Waals surface area contributed by atoms with Crippen molar-refractivity contribution in [3.05, 3.63) is 0 Å². The second-order valence-electron chi connectivity index (χ2n) is 2.64. The molecule has 0 aromatic carbocycles. The van der Waals surface area contributed by atoms with E-state index >= 15 is 0 Å². The second-order valence-corrected chi connectivity index (χ2v) is 3.01. The number of rotatable bonds is 4. The first-order chi connectivity index (χ1) is 5.16. The van der Waals surface area contributed by atoms with Gasteiger partial charge >= 0.3 is 0 Å². The highest BCUT2D eigenvalue weighted by molar-refractivity contribution is 7.80. The summed E-state index contributed by atoms with van der Waals surface area (Å²) in [6.07, 6.45) is 0. The van der Waals surface area contributed by atoms with E-state index in [4.69, 9.17) is 22.1 Å². The molecule has 0 atom stereocenters. The second kappa shape index (κ2) is 6.37. The molecule has 0 spiro atoms. The smallest absolute Gasteiger partial charge is 0.256 e. The Bertz CT molecular complexity index is 117. The standard InChI is InChI=1S/C7H15NO2S/c1-6(2)5-10-7(11)8-3-4-9/h6,9H,3-5H2,1-2H3,(H,8,11). The Hall–Kier alpha value is -0.350. The van der Waals surface area contributed by atoms with E-state index in [0.717, 1.165) is 0 Å². The lowest BCUT2D eigenvalue weighted by molar-refractivity contribution is 0.246. The maximum atomic E-state index is 8.41. The number of ether oxygens (including phenoxy) is 1. The minimum Gasteiger partial charge on any atom is -0.471 e. The summed E-state index contributed by atoms with van der Waals surface area (Å²) in [4.78, 5) is 0. The van der Waals surface area contributed by atoms with Gasteiger partial charge in [0.15, 0.2) is 0 Å². The van der Waals surface area contributed by atoms with Crippen molar-refractivity contribution in [1.29, 1.82) is 0 Å². The molecule has 0 rings (SSSR count). The van der Waals surface area contributed by atoms with Crippen LogP contribution in [0.5, 0.6) is 0 Å². The highest BCUT2D eigenvalue weighted by Crippen LogP contribution is 1.92. The zero-order valence-corrected chi connectivity index (χ0v) is 7.78. The molecule has 0 saturated carbocycles. The number of nitrogens with one attached hydrogen (secondary N) is 1. The van der Waals surface area contributed by atoms with Crippen LogP contribution in [-0.4, -0.2) is 30.0 Å². The molecule has 0 bridgehead atoms. The Labute approximate surface area is 72.7 Å². The van der Waals surface area contributed by atoms with Crippen LogP contribution in [0, 0.1) is 5.92 Å². The third-order valence-corrected chi connectivity index (χ3v) is 1.19. The summed E-state index contributed by atoms with van der Waals surface area (Å²) in [5, 5.41) is 11.5. The number of aliphatic hydroxyl groups is 1. The topological polar surface area (TPSA) is 41.5 Å².